The molecule has 0 radical (unpaired) electrons. The lowest BCUT2D eigenvalue weighted by Crippen LogP contribution is -2.42. The molecule has 4 N–H and O–H groups in total. The number of hydrogen-bond acceptors (Lipinski definition) is 4. The highest BCUT2D eigenvalue weighted by molar-refractivity contribution is 7.09. The zero-order valence-electron chi connectivity index (χ0n) is 17.7. The van der Waals surface area contributed by atoms with Crippen molar-refractivity contribution in [2.75, 3.05) is 10.6 Å². The molecule has 1 atom stereocenters. The number of carboxylic acid groups (broad SMARTS) is 1. The highest BCUT2D eigenvalue weighted by atomic mass is 35.5. The second-order valence-corrected chi connectivity index (χ2v) is 8.89. The lowest BCUT2D eigenvalue weighted by molar-refractivity contribution is -0.139. The van der Waals surface area contributed by atoms with Gasteiger partial charge in [0.2, 0.25) is 0 Å². The Labute approximate surface area is 204 Å². The Morgan fingerprint density at radius 3 is 2.24 bits per heavy atom. The van der Waals surface area contributed by atoms with Crippen LogP contribution in [-0.4, -0.2) is 29.1 Å². The van der Waals surface area contributed by atoms with Crippen LogP contribution in [0.3, 0.4) is 0 Å². The van der Waals surface area contributed by atoms with Gasteiger partial charge in [-0.2, -0.15) is 0 Å². The van der Waals surface area contributed by atoms with E-state index >= 15 is 0 Å². The number of rotatable bonds is 7. The maximum absolute atomic E-state index is 13.2. The van der Waals surface area contributed by atoms with Gasteiger partial charge in [-0.05, 0) is 46.5 Å². The van der Waals surface area contributed by atoms with Gasteiger partial charge in [-0.1, -0.05) is 54.1 Å². The summed E-state index contributed by atoms with van der Waals surface area (Å²) in [5, 5.41) is 21.4. The minimum Gasteiger partial charge on any atom is -0.480 e. The molecule has 4 rings (SSSR count). The molecule has 3 amide bonds. The number of thiophene rings is 1. The first kappa shape index (κ1) is 23.3. The Morgan fingerprint density at radius 1 is 0.882 bits per heavy atom. The van der Waals surface area contributed by atoms with Gasteiger partial charge in [0, 0.05) is 11.3 Å². The predicted molar refractivity (Wildman–Crippen MR) is 135 cm³/mol. The average Bonchev–Trinajstić information content (AvgIpc) is 3.33. The number of amides is 3. The smallest absolute Gasteiger partial charge is 0.326 e. The maximum Gasteiger partial charge on any atom is 0.326 e. The summed E-state index contributed by atoms with van der Waals surface area (Å²) < 4.78 is 0. The van der Waals surface area contributed by atoms with Gasteiger partial charge in [-0.3, -0.25) is 4.79 Å². The van der Waals surface area contributed by atoms with E-state index in [2.05, 4.69) is 16.0 Å². The molecule has 0 saturated carbocycles. The predicted octanol–water partition coefficient (Wildman–Crippen LogP) is 5.62. The quantitative estimate of drug-likeness (QED) is 0.268. The minimum absolute atomic E-state index is 0.144. The zero-order chi connectivity index (χ0) is 24.1. The topological polar surface area (TPSA) is 108 Å². The van der Waals surface area contributed by atoms with Gasteiger partial charge in [0.15, 0.2) is 0 Å². The third kappa shape index (κ3) is 5.54. The largest absolute Gasteiger partial charge is 0.480 e. The van der Waals surface area contributed by atoms with Crippen molar-refractivity contribution in [2.24, 2.45) is 0 Å². The van der Waals surface area contributed by atoms with E-state index in [-0.39, 0.29) is 17.7 Å². The fourth-order valence-corrected chi connectivity index (χ4v) is 4.37. The highest BCUT2D eigenvalue weighted by Gasteiger charge is 2.24. The van der Waals surface area contributed by atoms with Crippen LogP contribution in [-0.2, 0) is 11.2 Å². The third-order valence-electron chi connectivity index (χ3n) is 5.09. The van der Waals surface area contributed by atoms with Gasteiger partial charge >= 0.3 is 12.0 Å². The number of urea groups is 1. The van der Waals surface area contributed by atoms with E-state index in [1.165, 1.54) is 11.3 Å². The van der Waals surface area contributed by atoms with Crippen LogP contribution in [0.25, 0.3) is 10.8 Å². The molecule has 0 unspecified atom stereocenters. The Balaban J connectivity index is 1.61. The number of carbonyl (C=O) groups excluding carboxylic acids is 2. The van der Waals surface area contributed by atoms with Gasteiger partial charge in [0.1, 0.15) is 6.04 Å². The molecule has 0 aliphatic heterocycles. The van der Waals surface area contributed by atoms with Crippen LogP contribution in [0.1, 0.15) is 15.2 Å². The fourth-order valence-electron chi connectivity index (χ4n) is 3.44. The second kappa shape index (κ2) is 10.4. The Kier molecular flexibility index (Phi) is 7.10. The molecule has 0 bridgehead atoms. The first-order valence-corrected chi connectivity index (χ1v) is 11.6. The number of carboxylic acids is 1. The third-order valence-corrected chi connectivity index (χ3v) is 6.32. The monoisotopic (exact) mass is 493 g/mol. The summed E-state index contributed by atoms with van der Waals surface area (Å²) >= 11 is 7.53. The number of anilines is 2. The van der Waals surface area contributed by atoms with Crippen LogP contribution in [0.5, 0.6) is 0 Å². The van der Waals surface area contributed by atoms with E-state index in [1.54, 1.807) is 36.4 Å². The fraction of sp³-hybridized carbons (Fsp3) is 0.0800. The van der Waals surface area contributed by atoms with E-state index in [4.69, 9.17) is 11.6 Å². The highest BCUT2D eigenvalue weighted by Crippen LogP contribution is 2.26. The molecule has 172 valence electrons. The van der Waals surface area contributed by atoms with E-state index in [9.17, 15) is 19.5 Å². The van der Waals surface area contributed by atoms with Crippen LogP contribution in [0, 0.1) is 0 Å². The van der Waals surface area contributed by atoms with Crippen LogP contribution in [0.4, 0.5) is 16.2 Å². The standard InChI is InChI=1S/C25H20ClN3O4S/c26-19-9-3-4-10-20(19)28-25(33)29-21-13-16-7-2-1-6-15(16)12-18(21)23(30)27-22(24(31)32)14-17-8-5-11-34-17/h1-13,22H,14H2,(H,27,30)(H,31,32)(H2,28,29,33)/t22-/m0/s1. The number of aliphatic carboxylic acids is 1. The van der Waals surface area contributed by atoms with Crippen LogP contribution in [0.2, 0.25) is 5.02 Å². The van der Waals surface area contributed by atoms with Crippen molar-refractivity contribution in [3.05, 3.63) is 93.6 Å². The Bertz CT molecular complexity index is 1360. The Hall–Kier alpha value is -3.88. The summed E-state index contributed by atoms with van der Waals surface area (Å²) in [6.07, 6.45) is 0.155. The lowest BCUT2D eigenvalue weighted by Gasteiger charge is -2.17. The molecule has 34 heavy (non-hydrogen) atoms. The minimum atomic E-state index is -1.14. The molecule has 3 aromatic carbocycles. The molecule has 0 aliphatic rings. The molecule has 1 aromatic heterocycles. The summed E-state index contributed by atoms with van der Waals surface area (Å²) in [7, 11) is 0. The molecule has 0 fully saturated rings. The van der Waals surface area contributed by atoms with E-state index in [0.717, 1.165) is 15.6 Å². The van der Waals surface area contributed by atoms with Crippen molar-refractivity contribution in [3.8, 4) is 0 Å². The van der Waals surface area contributed by atoms with Crippen molar-refractivity contribution in [1.29, 1.82) is 0 Å². The number of halogens is 1. The van der Waals surface area contributed by atoms with E-state index < -0.39 is 23.9 Å². The molecule has 0 spiro atoms. The molecule has 0 aliphatic carbocycles. The SMILES string of the molecule is O=C(Nc1ccccc1Cl)Nc1cc2ccccc2cc1C(=O)N[C@@H](Cc1cccs1)C(=O)O. The molecule has 9 heteroatoms. The van der Waals surface area contributed by atoms with E-state index in [0.29, 0.717) is 10.7 Å². The van der Waals surface area contributed by atoms with Gasteiger partial charge in [0.25, 0.3) is 5.91 Å². The van der Waals surface area contributed by atoms with Gasteiger partial charge in [-0.25, -0.2) is 9.59 Å². The molecule has 0 saturated heterocycles. The number of nitrogens with one attached hydrogen (secondary N) is 3. The zero-order valence-corrected chi connectivity index (χ0v) is 19.3. The van der Waals surface area contributed by atoms with Crippen molar-refractivity contribution < 1.29 is 19.5 Å². The average molecular weight is 494 g/mol. The van der Waals surface area contributed by atoms with Crippen molar-refractivity contribution >= 4 is 63.0 Å². The summed E-state index contributed by atoms with van der Waals surface area (Å²) in [5.74, 6) is -1.75. The van der Waals surface area contributed by atoms with Crippen LogP contribution in [0.15, 0.2) is 78.2 Å². The molecular formula is C25H20ClN3O4S. The summed E-state index contributed by atoms with van der Waals surface area (Å²) in [4.78, 5) is 38.5. The lowest BCUT2D eigenvalue weighted by atomic mass is 10.0. The van der Waals surface area contributed by atoms with Crippen LogP contribution < -0.4 is 16.0 Å². The molecule has 7 nitrogen and oxygen atoms in total. The first-order chi connectivity index (χ1) is 16.4. The maximum atomic E-state index is 13.2. The normalized spacial score (nSPS) is 11.6. The summed E-state index contributed by atoms with van der Waals surface area (Å²) in [6.45, 7) is 0. The summed E-state index contributed by atoms with van der Waals surface area (Å²) in [6, 6.07) is 19.4. The van der Waals surface area contributed by atoms with Crippen molar-refractivity contribution in [3.63, 3.8) is 0 Å². The van der Waals surface area contributed by atoms with Gasteiger partial charge in [0.05, 0.1) is 22.0 Å². The van der Waals surface area contributed by atoms with E-state index in [1.807, 2.05) is 41.8 Å². The molecular weight excluding hydrogens is 474 g/mol. The van der Waals surface area contributed by atoms with Crippen molar-refractivity contribution in [2.45, 2.75) is 12.5 Å². The first-order valence-electron chi connectivity index (χ1n) is 10.3. The summed E-state index contributed by atoms with van der Waals surface area (Å²) in [5.41, 5.74) is 0.793. The number of benzene rings is 3. The number of para-hydroxylation sites is 1. The Morgan fingerprint density at radius 2 is 1.56 bits per heavy atom. The number of carbonyl (C=O) groups is 3. The van der Waals surface area contributed by atoms with Crippen LogP contribution >= 0.6 is 22.9 Å². The number of hydrogen-bond donors (Lipinski definition) is 4. The second-order valence-electron chi connectivity index (χ2n) is 7.45. The molecule has 1 heterocycles. The number of fused-ring (bicyclic) bond motifs is 1. The van der Waals surface area contributed by atoms with Gasteiger partial charge in [-0.15, -0.1) is 11.3 Å². The van der Waals surface area contributed by atoms with Crippen molar-refractivity contribution in [1.82, 2.24) is 5.32 Å². The molecule has 4 aromatic rings. The van der Waals surface area contributed by atoms with Gasteiger partial charge < -0.3 is 21.1 Å².